The smallest absolute Gasteiger partial charge is 0.225 e. The Morgan fingerprint density at radius 1 is 1.32 bits per heavy atom. The van der Waals surface area contributed by atoms with Gasteiger partial charge in [0.25, 0.3) is 0 Å². The van der Waals surface area contributed by atoms with Crippen molar-refractivity contribution in [1.82, 2.24) is 4.90 Å². The van der Waals surface area contributed by atoms with Crippen LogP contribution in [0.15, 0.2) is 28.7 Å². The molecule has 0 radical (unpaired) electrons. The zero-order valence-corrected chi connectivity index (χ0v) is 16.0. The Hall–Kier alpha value is -1.52. The average Bonchev–Trinajstić information content (AvgIpc) is 3.16. The van der Waals surface area contributed by atoms with Gasteiger partial charge in [0.2, 0.25) is 5.91 Å². The second kappa shape index (κ2) is 8.72. The molecule has 2 aromatic rings. The van der Waals surface area contributed by atoms with Gasteiger partial charge in [-0.25, -0.2) is 0 Å². The largest absolute Gasteiger partial charge is 0.461 e. The maximum absolute atomic E-state index is 12.7. The predicted molar refractivity (Wildman–Crippen MR) is 104 cm³/mol. The van der Waals surface area contributed by atoms with E-state index in [9.17, 15) is 4.79 Å². The number of carbonyl (C=O) groups excluding carboxylic acids is 1. The average molecular weight is 365 g/mol. The van der Waals surface area contributed by atoms with Gasteiger partial charge in [-0.2, -0.15) is 0 Å². The van der Waals surface area contributed by atoms with Crippen molar-refractivity contribution in [3.05, 3.63) is 35.6 Å². The maximum Gasteiger partial charge on any atom is 0.225 e. The van der Waals surface area contributed by atoms with Gasteiger partial charge >= 0.3 is 0 Å². The standard InChI is InChI=1S/C20H28N2O2.ClH/c1-3-4-8-19-17(16-7-5-6-9-18(16)24-19)13-22(2)20(23)14-10-11-15(21)12-14;/h5-7,9,14-15H,3-4,8,10-13,21H2,1-2H3;1H. The Morgan fingerprint density at radius 2 is 2.08 bits per heavy atom. The van der Waals surface area contributed by atoms with Crippen LogP contribution >= 0.6 is 12.4 Å². The van der Waals surface area contributed by atoms with Crippen LogP contribution < -0.4 is 5.73 Å². The van der Waals surface area contributed by atoms with E-state index < -0.39 is 0 Å². The molecule has 3 rings (SSSR count). The number of rotatable bonds is 6. The number of benzene rings is 1. The number of amides is 1. The first-order valence-corrected chi connectivity index (χ1v) is 9.10. The van der Waals surface area contributed by atoms with Crippen molar-refractivity contribution in [2.45, 2.75) is 58.0 Å². The zero-order chi connectivity index (χ0) is 17.1. The molecule has 1 heterocycles. The molecule has 0 saturated heterocycles. The number of carbonyl (C=O) groups is 1. The third-order valence-corrected chi connectivity index (χ3v) is 5.13. The maximum atomic E-state index is 12.7. The monoisotopic (exact) mass is 364 g/mol. The minimum Gasteiger partial charge on any atom is -0.461 e. The molecule has 5 heteroatoms. The van der Waals surface area contributed by atoms with E-state index in [1.54, 1.807) is 0 Å². The van der Waals surface area contributed by atoms with Gasteiger partial charge < -0.3 is 15.1 Å². The molecule has 1 amide bonds. The molecule has 2 unspecified atom stereocenters. The molecule has 25 heavy (non-hydrogen) atoms. The molecule has 1 fully saturated rings. The van der Waals surface area contributed by atoms with Crippen molar-refractivity contribution in [3.63, 3.8) is 0 Å². The van der Waals surface area contributed by atoms with E-state index in [1.165, 1.54) is 0 Å². The third kappa shape index (κ3) is 4.36. The zero-order valence-electron chi connectivity index (χ0n) is 15.2. The highest BCUT2D eigenvalue weighted by atomic mass is 35.5. The van der Waals surface area contributed by atoms with Crippen LogP contribution in [0.2, 0.25) is 0 Å². The third-order valence-electron chi connectivity index (χ3n) is 5.13. The summed E-state index contributed by atoms with van der Waals surface area (Å²) in [6.45, 7) is 2.79. The lowest BCUT2D eigenvalue weighted by molar-refractivity contribution is -0.134. The first kappa shape index (κ1) is 19.8. The fourth-order valence-electron chi connectivity index (χ4n) is 3.73. The van der Waals surface area contributed by atoms with Crippen molar-refractivity contribution in [2.75, 3.05) is 7.05 Å². The van der Waals surface area contributed by atoms with Crippen molar-refractivity contribution in [1.29, 1.82) is 0 Å². The first-order valence-electron chi connectivity index (χ1n) is 9.10. The van der Waals surface area contributed by atoms with E-state index >= 15 is 0 Å². The van der Waals surface area contributed by atoms with Crippen LogP contribution in [0.25, 0.3) is 11.0 Å². The first-order chi connectivity index (χ1) is 11.6. The van der Waals surface area contributed by atoms with Crippen LogP contribution in [0.5, 0.6) is 0 Å². The lowest BCUT2D eigenvalue weighted by Crippen LogP contribution is -2.32. The number of nitrogens with zero attached hydrogens (tertiary/aromatic N) is 1. The van der Waals surface area contributed by atoms with Crippen LogP contribution in [0, 0.1) is 5.92 Å². The van der Waals surface area contributed by atoms with E-state index in [2.05, 4.69) is 13.0 Å². The van der Waals surface area contributed by atoms with Crippen molar-refractivity contribution in [2.24, 2.45) is 11.7 Å². The second-order valence-electron chi connectivity index (χ2n) is 7.07. The summed E-state index contributed by atoms with van der Waals surface area (Å²) >= 11 is 0. The van der Waals surface area contributed by atoms with Gasteiger partial charge in [0.1, 0.15) is 11.3 Å². The Labute approximate surface area is 156 Å². The fraction of sp³-hybridized carbons (Fsp3) is 0.550. The molecule has 2 N–H and O–H groups in total. The van der Waals surface area contributed by atoms with Crippen LogP contribution in [0.3, 0.4) is 0 Å². The highest BCUT2D eigenvalue weighted by Crippen LogP contribution is 2.30. The number of hydrogen-bond acceptors (Lipinski definition) is 3. The van der Waals surface area contributed by atoms with Crippen LogP contribution in [-0.2, 0) is 17.8 Å². The van der Waals surface area contributed by atoms with E-state index in [0.29, 0.717) is 6.54 Å². The Kier molecular flexibility index (Phi) is 6.91. The predicted octanol–water partition coefficient (Wildman–Crippen LogP) is 4.28. The molecular weight excluding hydrogens is 336 g/mol. The van der Waals surface area contributed by atoms with Crippen LogP contribution in [-0.4, -0.2) is 23.9 Å². The van der Waals surface area contributed by atoms with Gasteiger partial charge in [0, 0.05) is 42.9 Å². The van der Waals surface area contributed by atoms with Crippen LogP contribution in [0.4, 0.5) is 0 Å². The van der Waals surface area contributed by atoms with Gasteiger partial charge in [0.15, 0.2) is 0 Å². The molecule has 1 aromatic heterocycles. The highest BCUT2D eigenvalue weighted by Gasteiger charge is 2.30. The molecular formula is C20H29ClN2O2. The summed E-state index contributed by atoms with van der Waals surface area (Å²) in [7, 11) is 1.90. The van der Waals surface area contributed by atoms with Gasteiger partial charge in [-0.15, -0.1) is 12.4 Å². The quantitative estimate of drug-likeness (QED) is 0.832. The normalized spacial score (nSPS) is 19.8. The van der Waals surface area contributed by atoms with Crippen molar-refractivity contribution in [3.8, 4) is 0 Å². The number of unbranched alkanes of at least 4 members (excludes halogenated alkanes) is 1. The summed E-state index contributed by atoms with van der Waals surface area (Å²) in [5.41, 5.74) is 8.05. The summed E-state index contributed by atoms with van der Waals surface area (Å²) in [5.74, 6) is 1.33. The Bertz CT molecular complexity index is 713. The minimum atomic E-state index is 0. The number of nitrogens with two attached hydrogens (primary N) is 1. The second-order valence-corrected chi connectivity index (χ2v) is 7.07. The lowest BCUT2D eigenvalue weighted by Gasteiger charge is -2.21. The summed E-state index contributed by atoms with van der Waals surface area (Å²) in [6.07, 6.45) is 5.85. The van der Waals surface area contributed by atoms with Gasteiger partial charge in [0.05, 0.1) is 0 Å². The SMILES string of the molecule is CCCCc1oc2ccccc2c1CN(C)C(=O)C1CCC(N)C1.Cl. The van der Waals surface area contributed by atoms with Gasteiger partial charge in [-0.05, 0) is 31.7 Å². The summed E-state index contributed by atoms with van der Waals surface area (Å²) in [6, 6.07) is 8.30. The number of halogens is 1. The van der Waals surface area contributed by atoms with E-state index in [1.807, 2.05) is 30.1 Å². The number of para-hydroxylation sites is 1. The van der Waals surface area contributed by atoms with E-state index in [-0.39, 0.29) is 30.3 Å². The summed E-state index contributed by atoms with van der Waals surface area (Å²) in [4.78, 5) is 14.6. The molecule has 0 aliphatic heterocycles. The molecule has 4 nitrogen and oxygen atoms in total. The fourth-order valence-corrected chi connectivity index (χ4v) is 3.73. The molecule has 1 aliphatic carbocycles. The lowest BCUT2D eigenvalue weighted by atomic mass is 10.0. The van der Waals surface area contributed by atoms with E-state index in [0.717, 1.165) is 60.8 Å². The number of furan rings is 1. The topological polar surface area (TPSA) is 59.5 Å². The van der Waals surface area contributed by atoms with Crippen molar-refractivity contribution < 1.29 is 9.21 Å². The number of fused-ring (bicyclic) bond motifs is 1. The number of hydrogen-bond donors (Lipinski definition) is 1. The number of aryl methyl sites for hydroxylation is 1. The molecule has 2 atom stereocenters. The molecule has 0 spiro atoms. The molecule has 1 aromatic carbocycles. The summed E-state index contributed by atoms with van der Waals surface area (Å²) < 4.78 is 6.07. The van der Waals surface area contributed by atoms with Gasteiger partial charge in [-0.1, -0.05) is 31.5 Å². The molecule has 138 valence electrons. The minimum absolute atomic E-state index is 0. The molecule has 1 aliphatic rings. The molecule has 0 bridgehead atoms. The Balaban J connectivity index is 0.00000225. The Morgan fingerprint density at radius 3 is 2.76 bits per heavy atom. The highest BCUT2D eigenvalue weighted by molar-refractivity contribution is 5.85. The molecule has 1 saturated carbocycles. The van der Waals surface area contributed by atoms with Crippen molar-refractivity contribution >= 4 is 29.3 Å². The van der Waals surface area contributed by atoms with Gasteiger partial charge in [-0.3, -0.25) is 4.79 Å². The van der Waals surface area contributed by atoms with E-state index in [4.69, 9.17) is 10.2 Å². The van der Waals surface area contributed by atoms with Crippen LogP contribution in [0.1, 0.15) is 50.4 Å². The summed E-state index contributed by atoms with van der Waals surface area (Å²) in [5, 5.41) is 1.13.